The molecule has 0 aromatic heterocycles. The summed E-state index contributed by atoms with van der Waals surface area (Å²) in [5.41, 5.74) is 1.11. The van der Waals surface area contributed by atoms with Crippen LogP contribution < -0.4 is 9.47 Å². The van der Waals surface area contributed by atoms with Gasteiger partial charge >= 0.3 is 0 Å². The number of rotatable bonds is 5. The second-order valence-corrected chi connectivity index (χ2v) is 7.62. The number of benzene rings is 2. The van der Waals surface area contributed by atoms with Crippen molar-refractivity contribution in [2.45, 2.75) is 19.1 Å². The zero-order valence-corrected chi connectivity index (χ0v) is 13.0. The minimum absolute atomic E-state index is 0.110. The van der Waals surface area contributed by atoms with E-state index in [4.69, 9.17) is 9.47 Å². The Balaban J connectivity index is 1.54. The molecule has 1 atom stereocenters. The standard InChI is InChI=1S/C17H18O4S/c18-22(19)11-10-17(13-22)21-16-8-6-15(7-9-16)20-12-14-4-2-1-3-5-14/h1-9,17H,10-13H2/t17-/m1/s1. The van der Waals surface area contributed by atoms with Gasteiger partial charge < -0.3 is 9.47 Å². The van der Waals surface area contributed by atoms with Crippen LogP contribution in [0, 0.1) is 0 Å². The number of ether oxygens (including phenoxy) is 2. The van der Waals surface area contributed by atoms with Gasteiger partial charge in [-0.3, -0.25) is 0 Å². The minimum atomic E-state index is -2.91. The van der Waals surface area contributed by atoms with Gasteiger partial charge in [0.1, 0.15) is 24.2 Å². The first-order valence-electron chi connectivity index (χ1n) is 7.25. The Morgan fingerprint density at radius 2 is 1.64 bits per heavy atom. The quantitative estimate of drug-likeness (QED) is 0.850. The third-order valence-electron chi connectivity index (χ3n) is 3.57. The molecule has 0 saturated carbocycles. The summed E-state index contributed by atoms with van der Waals surface area (Å²) in [4.78, 5) is 0. The molecule has 1 heterocycles. The predicted octanol–water partition coefficient (Wildman–Crippen LogP) is 2.83. The molecule has 5 heteroatoms. The Morgan fingerprint density at radius 3 is 2.27 bits per heavy atom. The molecule has 1 fully saturated rings. The van der Waals surface area contributed by atoms with Crippen LogP contribution in [0.3, 0.4) is 0 Å². The van der Waals surface area contributed by atoms with Crippen LogP contribution in [-0.2, 0) is 16.4 Å². The average molecular weight is 318 g/mol. The molecular weight excluding hydrogens is 300 g/mol. The molecule has 0 spiro atoms. The topological polar surface area (TPSA) is 52.6 Å². The van der Waals surface area contributed by atoms with E-state index in [1.54, 1.807) is 0 Å². The largest absolute Gasteiger partial charge is 0.489 e. The van der Waals surface area contributed by atoms with Crippen molar-refractivity contribution in [3.8, 4) is 11.5 Å². The SMILES string of the molecule is O=S1(=O)CC[C@@H](Oc2ccc(OCc3ccccc3)cc2)C1. The summed E-state index contributed by atoms with van der Waals surface area (Å²) < 4.78 is 34.2. The maximum atomic E-state index is 11.4. The van der Waals surface area contributed by atoms with Crippen molar-refractivity contribution in [2.24, 2.45) is 0 Å². The van der Waals surface area contributed by atoms with Crippen LogP contribution in [0.25, 0.3) is 0 Å². The van der Waals surface area contributed by atoms with Crippen LogP contribution in [0.15, 0.2) is 54.6 Å². The van der Waals surface area contributed by atoms with E-state index in [0.717, 1.165) is 11.3 Å². The van der Waals surface area contributed by atoms with Crippen LogP contribution in [-0.4, -0.2) is 26.0 Å². The van der Waals surface area contributed by atoms with Crippen LogP contribution in [0.4, 0.5) is 0 Å². The van der Waals surface area contributed by atoms with Crippen LogP contribution in [0.5, 0.6) is 11.5 Å². The zero-order chi connectivity index (χ0) is 15.4. The Labute approximate surface area is 130 Å². The maximum absolute atomic E-state index is 11.4. The molecule has 1 saturated heterocycles. The Hall–Kier alpha value is -2.01. The van der Waals surface area contributed by atoms with E-state index in [-0.39, 0.29) is 17.6 Å². The van der Waals surface area contributed by atoms with Crippen molar-refractivity contribution in [1.82, 2.24) is 0 Å². The summed E-state index contributed by atoms with van der Waals surface area (Å²) in [6.45, 7) is 0.516. The van der Waals surface area contributed by atoms with Gasteiger partial charge in [0.25, 0.3) is 0 Å². The van der Waals surface area contributed by atoms with E-state index in [9.17, 15) is 8.42 Å². The van der Waals surface area contributed by atoms with E-state index >= 15 is 0 Å². The third-order valence-corrected chi connectivity index (χ3v) is 5.30. The fourth-order valence-corrected chi connectivity index (χ4v) is 3.99. The van der Waals surface area contributed by atoms with E-state index < -0.39 is 9.84 Å². The van der Waals surface area contributed by atoms with Crippen molar-refractivity contribution in [3.05, 3.63) is 60.2 Å². The third kappa shape index (κ3) is 4.01. The number of hydrogen-bond donors (Lipinski definition) is 0. The van der Waals surface area contributed by atoms with E-state index in [1.165, 1.54) is 0 Å². The zero-order valence-electron chi connectivity index (χ0n) is 12.1. The van der Waals surface area contributed by atoms with Gasteiger partial charge in [-0.05, 0) is 36.2 Å². The van der Waals surface area contributed by atoms with Gasteiger partial charge in [0.2, 0.25) is 0 Å². The van der Waals surface area contributed by atoms with Crippen molar-refractivity contribution in [1.29, 1.82) is 0 Å². The molecule has 0 N–H and O–H groups in total. The van der Waals surface area contributed by atoms with Gasteiger partial charge in [-0.1, -0.05) is 30.3 Å². The summed E-state index contributed by atoms with van der Waals surface area (Å²) in [6.07, 6.45) is 0.329. The van der Waals surface area contributed by atoms with Crippen LogP contribution in [0.2, 0.25) is 0 Å². The number of hydrogen-bond acceptors (Lipinski definition) is 4. The van der Waals surface area contributed by atoms with Gasteiger partial charge in [0.05, 0.1) is 11.5 Å². The lowest BCUT2D eigenvalue weighted by Crippen LogP contribution is -2.17. The molecule has 0 radical (unpaired) electrons. The predicted molar refractivity (Wildman–Crippen MR) is 84.9 cm³/mol. The summed E-state index contributed by atoms with van der Waals surface area (Å²) >= 11 is 0. The van der Waals surface area contributed by atoms with Crippen LogP contribution >= 0.6 is 0 Å². The van der Waals surface area contributed by atoms with Crippen LogP contribution in [0.1, 0.15) is 12.0 Å². The lowest BCUT2D eigenvalue weighted by molar-refractivity contribution is 0.228. The summed E-state index contributed by atoms with van der Waals surface area (Å²) in [6, 6.07) is 17.2. The maximum Gasteiger partial charge on any atom is 0.154 e. The summed E-state index contributed by atoms with van der Waals surface area (Å²) in [7, 11) is -2.91. The molecule has 0 unspecified atom stereocenters. The minimum Gasteiger partial charge on any atom is -0.489 e. The first-order valence-corrected chi connectivity index (χ1v) is 9.07. The second-order valence-electron chi connectivity index (χ2n) is 5.39. The number of sulfone groups is 1. The molecule has 3 rings (SSSR count). The van der Waals surface area contributed by atoms with E-state index in [2.05, 4.69) is 0 Å². The van der Waals surface area contributed by atoms with Gasteiger partial charge in [-0.2, -0.15) is 0 Å². The molecule has 0 amide bonds. The molecule has 1 aliphatic rings. The lowest BCUT2D eigenvalue weighted by atomic mass is 10.2. The van der Waals surface area contributed by atoms with Gasteiger partial charge in [0.15, 0.2) is 9.84 Å². The molecule has 4 nitrogen and oxygen atoms in total. The van der Waals surface area contributed by atoms with Crippen molar-refractivity contribution >= 4 is 9.84 Å². The highest BCUT2D eigenvalue weighted by Gasteiger charge is 2.29. The molecular formula is C17H18O4S. The lowest BCUT2D eigenvalue weighted by Gasteiger charge is -2.12. The molecule has 0 bridgehead atoms. The highest BCUT2D eigenvalue weighted by molar-refractivity contribution is 7.91. The van der Waals surface area contributed by atoms with E-state index in [1.807, 2.05) is 54.6 Å². The molecule has 1 aliphatic heterocycles. The Bertz CT molecular complexity index is 708. The van der Waals surface area contributed by atoms with Gasteiger partial charge in [-0.25, -0.2) is 8.42 Å². The summed E-state index contributed by atoms with van der Waals surface area (Å²) in [5.74, 6) is 1.76. The Kier molecular flexibility index (Phi) is 4.34. The second kappa shape index (κ2) is 6.40. The fourth-order valence-electron chi connectivity index (χ4n) is 2.40. The summed E-state index contributed by atoms with van der Waals surface area (Å²) in [5, 5.41) is 0. The van der Waals surface area contributed by atoms with Gasteiger partial charge in [-0.15, -0.1) is 0 Å². The van der Waals surface area contributed by atoms with Crippen molar-refractivity contribution in [3.63, 3.8) is 0 Å². The molecule has 2 aromatic carbocycles. The molecule has 116 valence electrons. The molecule has 22 heavy (non-hydrogen) atoms. The fraction of sp³-hybridized carbons (Fsp3) is 0.294. The monoisotopic (exact) mass is 318 g/mol. The van der Waals surface area contributed by atoms with Gasteiger partial charge in [0, 0.05) is 0 Å². The molecule has 2 aromatic rings. The average Bonchev–Trinajstić information content (AvgIpc) is 2.86. The molecule has 0 aliphatic carbocycles. The Morgan fingerprint density at radius 1 is 0.955 bits per heavy atom. The van der Waals surface area contributed by atoms with Crippen molar-refractivity contribution < 1.29 is 17.9 Å². The first-order chi connectivity index (χ1) is 10.6. The highest BCUT2D eigenvalue weighted by Crippen LogP contribution is 2.23. The normalized spacial score (nSPS) is 19.7. The van der Waals surface area contributed by atoms with Crippen molar-refractivity contribution in [2.75, 3.05) is 11.5 Å². The van der Waals surface area contributed by atoms with E-state index in [0.29, 0.717) is 18.8 Å². The smallest absolute Gasteiger partial charge is 0.154 e. The first kappa shape index (κ1) is 14.9. The highest BCUT2D eigenvalue weighted by atomic mass is 32.2.